The summed E-state index contributed by atoms with van der Waals surface area (Å²) in [6.07, 6.45) is 4.90. The van der Waals surface area contributed by atoms with Crippen LogP contribution in [0.25, 0.3) is 0 Å². The van der Waals surface area contributed by atoms with Crippen LogP contribution in [0.3, 0.4) is 0 Å². The molecule has 4 aromatic carbocycles. The maximum atomic E-state index is 11.2. The van der Waals surface area contributed by atoms with Gasteiger partial charge in [0, 0.05) is 29.1 Å². The fourth-order valence-electron chi connectivity index (χ4n) is 4.63. The second kappa shape index (κ2) is 12.1. The molecule has 0 saturated carbocycles. The normalized spacial score (nSPS) is 12.2. The Morgan fingerprint density at radius 1 is 0.692 bits per heavy atom. The Balaban J connectivity index is 1.75. The van der Waals surface area contributed by atoms with Crippen molar-refractivity contribution in [3.63, 3.8) is 0 Å². The highest BCUT2D eigenvalue weighted by atomic mass is 16.3. The molecular formula is C35H38N2O2. The van der Waals surface area contributed by atoms with Crippen molar-refractivity contribution >= 4 is 23.8 Å². The molecule has 200 valence electrons. The van der Waals surface area contributed by atoms with Crippen LogP contribution in [0.15, 0.2) is 94.9 Å². The summed E-state index contributed by atoms with van der Waals surface area (Å²) in [5, 5.41) is 22.2. The number of phenolic OH excluding ortho intramolecular Hbond substituents is 2. The molecule has 0 aliphatic carbocycles. The average Bonchev–Trinajstić information content (AvgIpc) is 2.90. The van der Waals surface area contributed by atoms with E-state index in [1.807, 2.05) is 72.8 Å². The van der Waals surface area contributed by atoms with Gasteiger partial charge in [0.1, 0.15) is 11.5 Å². The molecule has 0 bridgehead atoms. The molecule has 0 amide bonds. The molecule has 0 atom stereocenters. The highest BCUT2D eigenvalue weighted by molar-refractivity contribution is 5.87. The zero-order valence-corrected chi connectivity index (χ0v) is 23.5. The van der Waals surface area contributed by atoms with Gasteiger partial charge in [-0.1, -0.05) is 83.1 Å². The molecule has 0 heterocycles. The number of rotatable bonds is 8. The largest absolute Gasteiger partial charge is 0.507 e. The molecule has 4 nitrogen and oxygen atoms in total. The van der Waals surface area contributed by atoms with E-state index in [1.165, 1.54) is 0 Å². The summed E-state index contributed by atoms with van der Waals surface area (Å²) in [7, 11) is 0. The number of benzene rings is 4. The van der Waals surface area contributed by atoms with Gasteiger partial charge in [0.15, 0.2) is 0 Å². The summed E-state index contributed by atoms with van der Waals surface area (Å²) in [5.41, 5.74) is 6.75. The summed E-state index contributed by atoms with van der Waals surface area (Å²) >= 11 is 0. The Bertz CT molecular complexity index is 1460. The number of phenols is 2. The molecule has 0 radical (unpaired) electrons. The van der Waals surface area contributed by atoms with Gasteiger partial charge in [0.25, 0.3) is 0 Å². The summed E-state index contributed by atoms with van der Waals surface area (Å²) in [5.74, 6) is 0.934. The molecule has 4 aromatic rings. The minimum atomic E-state index is -0.249. The van der Waals surface area contributed by atoms with Crippen molar-refractivity contribution in [2.45, 2.75) is 52.9 Å². The van der Waals surface area contributed by atoms with Gasteiger partial charge in [-0.25, -0.2) is 0 Å². The molecule has 0 aromatic heterocycles. The molecule has 4 heteroatoms. The zero-order chi connectivity index (χ0) is 28.0. The van der Waals surface area contributed by atoms with Gasteiger partial charge in [-0.15, -0.1) is 0 Å². The van der Waals surface area contributed by atoms with Crippen LogP contribution in [0.5, 0.6) is 11.5 Å². The zero-order valence-electron chi connectivity index (χ0n) is 23.5. The smallest absolute Gasteiger partial charge is 0.128 e. The summed E-state index contributed by atoms with van der Waals surface area (Å²) in [6, 6.07) is 27.6. The predicted molar refractivity (Wildman–Crippen MR) is 164 cm³/mol. The van der Waals surface area contributed by atoms with E-state index in [4.69, 9.17) is 0 Å². The molecule has 0 aliphatic rings. The molecule has 0 saturated heterocycles. The van der Waals surface area contributed by atoms with Gasteiger partial charge in [-0.2, -0.15) is 0 Å². The molecular weight excluding hydrogens is 480 g/mol. The van der Waals surface area contributed by atoms with Gasteiger partial charge in [-0.05, 0) is 77.3 Å². The molecule has 2 N–H and O–H groups in total. The molecule has 0 unspecified atom stereocenters. The van der Waals surface area contributed by atoms with Gasteiger partial charge in [0.05, 0.1) is 11.4 Å². The van der Waals surface area contributed by atoms with E-state index in [9.17, 15) is 10.2 Å². The number of hydrogen-bond donors (Lipinski definition) is 2. The van der Waals surface area contributed by atoms with Crippen LogP contribution >= 0.6 is 0 Å². The maximum absolute atomic E-state index is 11.2. The van der Waals surface area contributed by atoms with Crippen molar-refractivity contribution in [1.29, 1.82) is 0 Å². The Labute approximate surface area is 232 Å². The Kier molecular flexibility index (Phi) is 8.65. The first-order valence-corrected chi connectivity index (χ1v) is 13.5. The highest BCUT2D eigenvalue weighted by Crippen LogP contribution is 2.35. The monoisotopic (exact) mass is 518 g/mol. The van der Waals surface area contributed by atoms with Crippen LogP contribution in [0.2, 0.25) is 0 Å². The Morgan fingerprint density at radius 3 is 1.67 bits per heavy atom. The number of aromatic hydroxyl groups is 2. The SMILES string of the molecule is CC(C)Cc1cc(Cc2cc(C=Nc3ccccc3)c(O)c(C(C)(C)C)c2)cc(C=Nc2ccccc2)c1O. The van der Waals surface area contributed by atoms with Gasteiger partial charge < -0.3 is 10.2 Å². The van der Waals surface area contributed by atoms with E-state index in [2.05, 4.69) is 56.7 Å². The quantitative estimate of drug-likeness (QED) is 0.229. The molecule has 4 rings (SSSR count). The molecule has 0 spiro atoms. The summed E-state index contributed by atoms with van der Waals surface area (Å²) in [6.45, 7) is 10.6. The van der Waals surface area contributed by atoms with E-state index in [-0.39, 0.29) is 16.9 Å². The maximum Gasteiger partial charge on any atom is 0.128 e. The minimum Gasteiger partial charge on any atom is -0.507 e. The summed E-state index contributed by atoms with van der Waals surface area (Å²) in [4.78, 5) is 9.19. The standard InChI is InChI=1S/C35H38N2O2/c1-24(2)16-27-18-25(19-28(33(27)38)22-36-30-12-8-6-9-13-30)17-26-20-29(23-37-31-14-10-7-11-15-31)34(39)32(21-26)35(3,4)5/h6-15,18-24,38-39H,16-17H2,1-5H3. The number of nitrogens with zero attached hydrogens (tertiary/aromatic N) is 2. The average molecular weight is 519 g/mol. The van der Waals surface area contributed by atoms with Crippen molar-refractivity contribution in [2.24, 2.45) is 15.9 Å². The first-order valence-electron chi connectivity index (χ1n) is 13.5. The van der Waals surface area contributed by atoms with E-state index in [0.29, 0.717) is 23.5 Å². The second-order valence-corrected chi connectivity index (χ2v) is 11.5. The summed E-state index contributed by atoms with van der Waals surface area (Å²) < 4.78 is 0. The van der Waals surface area contributed by atoms with Crippen molar-refractivity contribution in [3.05, 3.63) is 118 Å². The highest BCUT2D eigenvalue weighted by Gasteiger charge is 2.21. The molecule has 0 fully saturated rings. The topological polar surface area (TPSA) is 65.2 Å². The third-order valence-electron chi connectivity index (χ3n) is 6.54. The fourth-order valence-corrected chi connectivity index (χ4v) is 4.63. The van der Waals surface area contributed by atoms with E-state index in [1.54, 1.807) is 12.4 Å². The van der Waals surface area contributed by atoms with Crippen molar-refractivity contribution in [3.8, 4) is 11.5 Å². The van der Waals surface area contributed by atoms with E-state index in [0.717, 1.165) is 40.0 Å². The Hall–Kier alpha value is -4.18. The van der Waals surface area contributed by atoms with Crippen LogP contribution in [-0.2, 0) is 18.3 Å². The van der Waals surface area contributed by atoms with Gasteiger partial charge >= 0.3 is 0 Å². The molecule has 39 heavy (non-hydrogen) atoms. The third-order valence-corrected chi connectivity index (χ3v) is 6.54. The van der Waals surface area contributed by atoms with Crippen LogP contribution in [0.1, 0.15) is 68.0 Å². The lowest BCUT2D eigenvalue weighted by molar-refractivity contribution is 0.445. The third kappa shape index (κ3) is 7.44. The van der Waals surface area contributed by atoms with Crippen LogP contribution in [-0.4, -0.2) is 22.6 Å². The first-order chi connectivity index (χ1) is 18.6. The van der Waals surface area contributed by atoms with E-state index < -0.39 is 0 Å². The van der Waals surface area contributed by atoms with Crippen molar-refractivity contribution < 1.29 is 10.2 Å². The van der Waals surface area contributed by atoms with Crippen LogP contribution in [0, 0.1) is 5.92 Å². The fraction of sp³-hybridized carbons (Fsp3) is 0.257. The van der Waals surface area contributed by atoms with E-state index >= 15 is 0 Å². The lowest BCUT2D eigenvalue weighted by Crippen LogP contribution is -2.13. The Morgan fingerprint density at radius 2 is 1.18 bits per heavy atom. The predicted octanol–water partition coefficient (Wildman–Crippen LogP) is 8.69. The second-order valence-electron chi connectivity index (χ2n) is 11.5. The minimum absolute atomic E-state index is 0.249. The molecule has 0 aliphatic heterocycles. The van der Waals surface area contributed by atoms with Crippen molar-refractivity contribution in [2.75, 3.05) is 0 Å². The van der Waals surface area contributed by atoms with Crippen LogP contribution in [0.4, 0.5) is 11.4 Å². The van der Waals surface area contributed by atoms with Gasteiger partial charge in [-0.3, -0.25) is 9.98 Å². The van der Waals surface area contributed by atoms with Crippen LogP contribution < -0.4 is 0 Å². The lowest BCUT2D eigenvalue weighted by atomic mass is 9.83. The number of aliphatic imine (C=N–C) groups is 2. The number of para-hydroxylation sites is 2. The lowest BCUT2D eigenvalue weighted by Gasteiger charge is -2.23. The number of hydrogen-bond acceptors (Lipinski definition) is 4. The first kappa shape index (κ1) is 27.8. The van der Waals surface area contributed by atoms with Gasteiger partial charge in [0.2, 0.25) is 0 Å². The van der Waals surface area contributed by atoms with Crippen molar-refractivity contribution in [1.82, 2.24) is 0 Å².